The molecule has 4 nitrogen and oxygen atoms in total. The average Bonchev–Trinajstić information content (AvgIpc) is 1.66. The first-order valence-corrected chi connectivity index (χ1v) is 3.34. The number of nitrogens with two attached hydrogens (primary N) is 1. The van der Waals surface area contributed by atoms with Gasteiger partial charge in [-0.25, -0.2) is 8.42 Å². The van der Waals surface area contributed by atoms with Gasteiger partial charge in [-0.1, -0.05) is 0 Å². The molecular weight excluding hydrogens is 153 g/mol. The fourth-order valence-corrected chi connectivity index (χ4v) is 0.501. The van der Waals surface area contributed by atoms with E-state index in [0.29, 0.717) is 13.0 Å². The summed E-state index contributed by atoms with van der Waals surface area (Å²) in [5.41, 5.74) is 5.04. The molecule has 0 saturated carbocycles. The molecule has 52 valence electrons. The quantitative estimate of drug-likeness (QED) is 0.292. The van der Waals surface area contributed by atoms with Crippen LogP contribution < -0.4 is 5.73 Å². The molecule has 0 atom stereocenters. The van der Waals surface area contributed by atoms with Crippen molar-refractivity contribution in [2.75, 3.05) is 13.2 Å². The number of hydrogen-bond donors (Lipinski definition) is 2. The van der Waals surface area contributed by atoms with E-state index in [-0.39, 0.29) is 36.2 Å². The number of rotatable bonds is 4. The van der Waals surface area contributed by atoms with Crippen molar-refractivity contribution in [2.24, 2.45) is 5.73 Å². The molecule has 0 aliphatic rings. The van der Waals surface area contributed by atoms with Crippen LogP contribution in [0.25, 0.3) is 0 Å². The molecule has 2 N–H and O–H groups in total. The van der Waals surface area contributed by atoms with Gasteiger partial charge in [0.05, 0.1) is 6.61 Å². The van der Waals surface area contributed by atoms with Gasteiger partial charge < -0.3 is 5.73 Å². The molecule has 6 heteroatoms. The van der Waals surface area contributed by atoms with Gasteiger partial charge in [-0.05, 0) is 13.0 Å². The Morgan fingerprint density at radius 1 is 1.44 bits per heavy atom. The summed E-state index contributed by atoms with van der Waals surface area (Å²) in [4.78, 5) is 0. The van der Waals surface area contributed by atoms with Gasteiger partial charge in [0.15, 0.2) is 0 Å². The number of thiol groups is 1. The van der Waals surface area contributed by atoms with E-state index >= 15 is 0 Å². The molecule has 0 spiro atoms. The van der Waals surface area contributed by atoms with Crippen molar-refractivity contribution in [1.82, 2.24) is 0 Å². The topological polar surface area (TPSA) is 69.4 Å². The molecule has 0 aliphatic carbocycles. The van der Waals surface area contributed by atoms with Crippen molar-refractivity contribution in [1.29, 1.82) is 0 Å². The van der Waals surface area contributed by atoms with E-state index in [1.54, 1.807) is 0 Å². The Bertz CT molecular complexity index is 108. The maximum atomic E-state index is 9.65. The Balaban J connectivity index is 0. The predicted octanol–water partition coefficient (Wildman–Crippen LogP) is -1.77. The third kappa shape index (κ3) is 12.1. The summed E-state index contributed by atoms with van der Waals surface area (Å²) >= 11 is 0. The van der Waals surface area contributed by atoms with Crippen LogP contribution in [0.15, 0.2) is 0 Å². The van der Waals surface area contributed by atoms with Crippen LogP contribution >= 0.6 is 0 Å². The van der Waals surface area contributed by atoms with E-state index in [2.05, 4.69) is 4.18 Å². The third-order valence-corrected chi connectivity index (χ3v) is 0.939. The Morgan fingerprint density at radius 2 is 2.00 bits per heavy atom. The summed E-state index contributed by atoms with van der Waals surface area (Å²) in [6.45, 7) is 0.665. The van der Waals surface area contributed by atoms with Crippen LogP contribution in [0, 0.1) is 0 Å². The first-order valence-electron chi connectivity index (χ1n) is 2.24. The maximum absolute atomic E-state index is 9.65. The normalized spacial score (nSPS) is 9.11. The Labute approximate surface area is 78.2 Å². The molecule has 9 heavy (non-hydrogen) atoms. The standard InChI is InChI=1S/C3H9NO3S.Na.H/c4-2-1-3-7-8(5)6;;/h8H,1-4H2;;. The first-order chi connectivity index (χ1) is 3.77. The van der Waals surface area contributed by atoms with E-state index < -0.39 is 11.0 Å². The minimum absolute atomic E-state index is 0. The van der Waals surface area contributed by atoms with Gasteiger partial charge in [0.2, 0.25) is 0 Å². The monoisotopic (exact) mass is 163 g/mol. The van der Waals surface area contributed by atoms with Gasteiger partial charge >= 0.3 is 29.6 Å². The SMILES string of the molecule is NCCCO[SH](=O)=O.[NaH]. The van der Waals surface area contributed by atoms with Crippen molar-refractivity contribution in [3.63, 3.8) is 0 Å². The molecule has 0 amide bonds. The van der Waals surface area contributed by atoms with Crippen LogP contribution in [0.4, 0.5) is 0 Å². The zero-order chi connectivity index (χ0) is 6.41. The molecule has 0 aromatic carbocycles. The fourth-order valence-electron chi connectivity index (χ4n) is 0.222. The fraction of sp³-hybridized carbons (Fsp3) is 1.00. The predicted molar refractivity (Wildman–Crippen MR) is 37.1 cm³/mol. The molecule has 0 saturated heterocycles. The van der Waals surface area contributed by atoms with Gasteiger partial charge in [-0.2, -0.15) is 0 Å². The second-order valence-corrected chi connectivity index (χ2v) is 1.90. The van der Waals surface area contributed by atoms with Crippen molar-refractivity contribution >= 4 is 40.5 Å². The summed E-state index contributed by atoms with van der Waals surface area (Å²) < 4.78 is 23.5. The molecular formula is C3H10NNaO3S. The van der Waals surface area contributed by atoms with Crippen molar-refractivity contribution < 1.29 is 12.6 Å². The zero-order valence-corrected chi connectivity index (χ0v) is 5.27. The van der Waals surface area contributed by atoms with Crippen LogP contribution in [0.1, 0.15) is 6.42 Å². The molecule has 0 heterocycles. The molecule has 0 radical (unpaired) electrons. The van der Waals surface area contributed by atoms with E-state index in [1.165, 1.54) is 0 Å². The van der Waals surface area contributed by atoms with Gasteiger partial charge in [0, 0.05) is 0 Å². The molecule has 0 rings (SSSR count). The summed E-state index contributed by atoms with van der Waals surface area (Å²) in [7, 11) is -2.67. The summed E-state index contributed by atoms with van der Waals surface area (Å²) in [6.07, 6.45) is 0.587. The third-order valence-electron chi connectivity index (χ3n) is 0.545. The molecule has 0 bridgehead atoms. The minimum atomic E-state index is -2.67. The second-order valence-electron chi connectivity index (χ2n) is 1.20. The summed E-state index contributed by atoms with van der Waals surface area (Å²) in [5.74, 6) is 0. The molecule has 0 fully saturated rings. The summed E-state index contributed by atoms with van der Waals surface area (Å²) in [6, 6.07) is 0. The van der Waals surface area contributed by atoms with E-state index in [4.69, 9.17) is 5.73 Å². The van der Waals surface area contributed by atoms with Gasteiger partial charge in [-0.15, -0.1) is 0 Å². The Kier molecular flexibility index (Phi) is 12.4. The van der Waals surface area contributed by atoms with Crippen LogP contribution in [0.2, 0.25) is 0 Å². The number of hydrogen-bond acceptors (Lipinski definition) is 4. The van der Waals surface area contributed by atoms with Crippen molar-refractivity contribution in [3.8, 4) is 0 Å². The average molecular weight is 163 g/mol. The van der Waals surface area contributed by atoms with Crippen LogP contribution in [-0.2, 0) is 15.2 Å². The second kappa shape index (κ2) is 8.87. The van der Waals surface area contributed by atoms with Gasteiger partial charge in [0.1, 0.15) is 0 Å². The molecule has 0 aromatic heterocycles. The Hall–Kier alpha value is 0.870. The Morgan fingerprint density at radius 3 is 2.33 bits per heavy atom. The molecule has 0 aromatic rings. The van der Waals surface area contributed by atoms with Gasteiger partial charge in [-0.3, -0.25) is 4.18 Å². The zero-order valence-electron chi connectivity index (χ0n) is 4.37. The van der Waals surface area contributed by atoms with Crippen LogP contribution in [0.3, 0.4) is 0 Å². The van der Waals surface area contributed by atoms with Crippen molar-refractivity contribution in [2.45, 2.75) is 6.42 Å². The van der Waals surface area contributed by atoms with E-state index in [1.807, 2.05) is 0 Å². The van der Waals surface area contributed by atoms with E-state index in [0.717, 1.165) is 0 Å². The molecule has 0 aliphatic heterocycles. The van der Waals surface area contributed by atoms with Crippen LogP contribution in [0.5, 0.6) is 0 Å². The van der Waals surface area contributed by atoms with Crippen LogP contribution in [-0.4, -0.2) is 51.1 Å². The molecule has 0 unspecified atom stereocenters. The summed E-state index contributed by atoms with van der Waals surface area (Å²) in [5, 5.41) is 0. The van der Waals surface area contributed by atoms with E-state index in [9.17, 15) is 8.42 Å². The van der Waals surface area contributed by atoms with Gasteiger partial charge in [0.25, 0.3) is 11.0 Å². The van der Waals surface area contributed by atoms with Crippen molar-refractivity contribution in [3.05, 3.63) is 0 Å². The first kappa shape index (κ1) is 12.5.